The standard InChI is InChI=1S/C13H18BrN3S/c1-3-4-7-17-9-10(2)16-13(17)15-8-11-5-6-12(14)18-11/h5-6,9H,3-4,7-8H2,1-2H3,(H,15,16). The van der Waals surface area contributed by atoms with Crippen molar-refractivity contribution in [3.8, 4) is 0 Å². The van der Waals surface area contributed by atoms with Crippen LogP contribution in [0.15, 0.2) is 22.1 Å². The Bertz CT molecular complexity index is 504. The van der Waals surface area contributed by atoms with E-state index in [9.17, 15) is 0 Å². The van der Waals surface area contributed by atoms with Crippen molar-refractivity contribution in [1.82, 2.24) is 9.55 Å². The molecule has 5 heteroatoms. The maximum Gasteiger partial charge on any atom is 0.203 e. The highest BCUT2D eigenvalue weighted by Crippen LogP contribution is 2.22. The number of aromatic nitrogens is 2. The maximum absolute atomic E-state index is 4.53. The van der Waals surface area contributed by atoms with Crippen molar-refractivity contribution in [2.24, 2.45) is 0 Å². The molecule has 0 aliphatic rings. The summed E-state index contributed by atoms with van der Waals surface area (Å²) in [7, 11) is 0. The van der Waals surface area contributed by atoms with E-state index in [2.05, 4.69) is 56.1 Å². The first kappa shape index (κ1) is 13.6. The van der Waals surface area contributed by atoms with Crippen LogP contribution >= 0.6 is 27.3 Å². The van der Waals surface area contributed by atoms with Crippen LogP contribution in [-0.2, 0) is 13.1 Å². The lowest BCUT2D eigenvalue weighted by Crippen LogP contribution is -2.06. The molecule has 2 rings (SSSR count). The first-order chi connectivity index (χ1) is 8.69. The van der Waals surface area contributed by atoms with Gasteiger partial charge in [-0.05, 0) is 41.4 Å². The van der Waals surface area contributed by atoms with Gasteiger partial charge in [-0.2, -0.15) is 0 Å². The zero-order valence-corrected chi connectivity index (χ0v) is 13.1. The van der Waals surface area contributed by atoms with Crippen LogP contribution in [0.2, 0.25) is 0 Å². The van der Waals surface area contributed by atoms with Gasteiger partial charge in [-0.3, -0.25) is 0 Å². The zero-order chi connectivity index (χ0) is 13.0. The van der Waals surface area contributed by atoms with Gasteiger partial charge in [-0.25, -0.2) is 4.98 Å². The van der Waals surface area contributed by atoms with E-state index < -0.39 is 0 Å². The Kier molecular flexibility index (Phi) is 4.83. The molecule has 0 amide bonds. The molecule has 0 spiro atoms. The number of aryl methyl sites for hydroxylation is 2. The van der Waals surface area contributed by atoms with E-state index in [1.54, 1.807) is 11.3 Å². The number of unbranched alkanes of at least 4 members (excludes halogenated alkanes) is 1. The molecule has 0 aliphatic heterocycles. The van der Waals surface area contributed by atoms with Crippen molar-refractivity contribution >= 4 is 33.2 Å². The van der Waals surface area contributed by atoms with Gasteiger partial charge in [0.25, 0.3) is 0 Å². The number of thiophene rings is 1. The molecular weight excluding hydrogens is 310 g/mol. The number of anilines is 1. The third-order valence-corrected chi connectivity index (χ3v) is 4.32. The largest absolute Gasteiger partial charge is 0.351 e. The van der Waals surface area contributed by atoms with Crippen LogP contribution in [-0.4, -0.2) is 9.55 Å². The number of imidazole rings is 1. The van der Waals surface area contributed by atoms with E-state index in [-0.39, 0.29) is 0 Å². The molecular formula is C13H18BrN3S. The maximum atomic E-state index is 4.53. The van der Waals surface area contributed by atoms with Gasteiger partial charge in [0, 0.05) is 17.6 Å². The van der Waals surface area contributed by atoms with Crippen molar-refractivity contribution in [1.29, 1.82) is 0 Å². The Morgan fingerprint density at radius 1 is 1.44 bits per heavy atom. The van der Waals surface area contributed by atoms with E-state index in [1.807, 2.05) is 6.92 Å². The van der Waals surface area contributed by atoms with Crippen molar-refractivity contribution in [2.75, 3.05) is 5.32 Å². The first-order valence-electron chi connectivity index (χ1n) is 6.21. The van der Waals surface area contributed by atoms with E-state index >= 15 is 0 Å². The molecule has 0 unspecified atom stereocenters. The Morgan fingerprint density at radius 2 is 2.28 bits per heavy atom. The Labute approximate surface area is 120 Å². The van der Waals surface area contributed by atoms with Crippen molar-refractivity contribution in [2.45, 2.75) is 39.8 Å². The van der Waals surface area contributed by atoms with Gasteiger partial charge < -0.3 is 9.88 Å². The van der Waals surface area contributed by atoms with Crippen molar-refractivity contribution < 1.29 is 0 Å². The minimum absolute atomic E-state index is 0.832. The zero-order valence-electron chi connectivity index (χ0n) is 10.7. The average Bonchev–Trinajstić information content (AvgIpc) is 2.90. The second-order valence-corrected chi connectivity index (χ2v) is 6.86. The summed E-state index contributed by atoms with van der Waals surface area (Å²) in [6.45, 7) is 6.11. The second-order valence-electron chi connectivity index (χ2n) is 4.31. The molecule has 0 saturated heterocycles. The number of hydrogen-bond acceptors (Lipinski definition) is 3. The summed E-state index contributed by atoms with van der Waals surface area (Å²) < 4.78 is 3.38. The van der Waals surface area contributed by atoms with Gasteiger partial charge in [0.1, 0.15) is 0 Å². The fourth-order valence-electron chi connectivity index (χ4n) is 1.80. The van der Waals surface area contributed by atoms with Crippen LogP contribution in [0.25, 0.3) is 0 Å². The van der Waals surface area contributed by atoms with E-state index in [0.29, 0.717) is 0 Å². The highest BCUT2D eigenvalue weighted by Gasteiger charge is 2.05. The van der Waals surface area contributed by atoms with Gasteiger partial charge in [0.05, 0.1) is 16.0 Å². The molecule has 0 fully saturated rings. The fourth-order valence-corrected chi connectivity index (χ4v) is 3.22. The number of nitrogens with zero attached hydrogens (tertiary/aromatic N) is 2. The minimum atomic E-state index is 0.832. The monoisotopic (exact) mass is 327 g/mol. The topological polar surface area (TPSA) is 29.9 Å². The Morgan fingerprint density at radius 3 is 2.94 bits per heavy atom. The van der Waals surface area contributed by atoms with Crippen molar-refractivity contribution in [3.05, 3.63) is 32.7 Å². The summed E-state index contributed by atoms with van der Waals surface area (Å²) in [6, 6.07) is 4.21. The fraction of sp³-hybridized carbons (Fsp3) is 0.462. The van der Waals surface area contributed by atoms with Crippen molar-refractivity contribution in [3.63, 3.8) is 0 Å². The molecule has 1 N–H and O–H groups in total. The van der Waals surface area contributed by atoms with E-state index in [0.717, 1.165) is 24.7 Å². The van der Waals surface area contributed by atoms with Crippen LogP contribution in [0.4, 0.5) is 5.95 Å². The highest BCUT2D eigenvalue weighted by atomic mass is 79.9. The van der Waals surface area contributed by atoms with Crippen LogP contribution in [0.5, 0.6) is 0 Å². The summed E-state index contributed by atoms with van der Waals surface area (Å²) in [5.74, 6) is 0.977. The third-order valence-electron chi connectivity index (χ3n) is 2.70. The van der Waals surface area contributed by atoms with Gasteiger partial charge in [-0.1, -0.05) is 13.3 Å². The minimum Gasteiger partial charge on any atom is -0.351 e. The van der Waals surface area contributed by atoms with Crippen LogP contribution in [0, 0.1) is 6.92 Å². The van der Waals surface area contributed by atoms with Gasteiger partial charge in [0.15, 0.2) is 0 Å². The predicted octanol–water partition coefficient (Wildman–Crippen LogP) is 4.43. The van der Waals surface area contributed by atoms with E-state index in [1.165, 1.54) is 21.5 Å². The predicted molar refractivity (Wildman–Crippen MR) is 81.2 cm³/mol. The molecule has 2 heterocycles. The first-order valence-corrected chi connectivity index (χ1v) is 7.82. The average molecular weight is 328 g/mol. The highest BCUT2D eigenvalue weighted by molar-refractivity contribution is 9.11. The molecule has 2 aromatic rings. The smallest absolute Gasteiger partial charge is 0.203 e. The second kappa shape index (κ2) is 6.38. The van der Waals surface area contributed by atoms with Crippen LogP contribution < -0.4 is 5.32 Å². The van der Waals surface area contributed by atoms with Crippen LogP contribution in [0.3, 0.4) is 0 Å². The summed E-state index contributed by atoms with van der Waals surface area (Å²) in [5, 5.41) is 3.41. The lowest BCUT2D eigenvalue weighted by atomic mass is 10.3. The van der Waals surface area contributed by atoms with E-state index in [4.69, 9.17) is 0 Å². The molecule has 0 saturated carbocycles. The third kappa shape index (κ3) is 3.59. The molecule has 0 bridgehead atoms. The SMILES string of the molecule is CCCCn1cc(C)nc1NCc1ccc(Br)s1. The number of rotatable bonds is 6. The molecule has 0 atom stereocenters. The Balaban J connectivity index is 1.99. The molecule has 0 aromatic carbocycles. The van der Waals surface area contributed by atoms with Gasteiger partial charge >= 0.3 is 0 Å². The van der Waals surface area contributed by atoms with Crippen LogP contribution in [0.1, 0.15) is 30.3 Å². The molecule has 0 aliphatic carbocycles. The molecule has 3 nitrogen and oxygen atoms in total. The Hall–Kier alpha value is -0.810. The molecule has 98 valence electrons. The lowest BCUT2D eigenvalue weighted by molar-refractivity contribution is 0.635. The summed E-state index contributed by atoms with van der Waals surface area (Å²) in [5.41, 5.74) is 1.07. The lowest BCUT2D eigenvalue weighted by Gasteiger charge is -2.08. The quantitative estimate of drug-likeness (QED) is 0.850. The molecule has 2 aromatic heterocycles. The number of nitrogens with one attached hydrogen (secondary N) is 1. The summed E-state index contributed by atoms with van der Waals surface area (Å²) >= 11 is 5.24. The normalized spacial score (nSPS) is 10.8. The summed E-state index contributed by atoms with van der Waals surface area (Å²) in [4.78, 5) is 5.84. The summed E-state index contributed by atoms with van der Waals surface area (Å²) in [6.07, 6.45) is 4.51. The number of halogens is 1. The number of hydrogen-bond donors (Lipinski definition) is 1. The molecule has 0 radical (unpaired) electrons. The van der Waals surface area contributed by atoms with Gasteiger partial charge in [0.2, 0.25) is 5.95 Å². The molecule has 18 heavy (non-hydrogen) atoms. The van der Waals surface area contributed by atoms with Gasteiger partial charge in [-0.15, -0.1) is 11.3 Å².